The van der Waals surface area contributed by atoms with Crippen molar-refractivity contribution in [1.29, 1.82) is 0 Å². The van der Waals surface area contributed by atoms with Crippen molar-refractivity contribution < 1.29 is 18.3 Å². The van der Waals surface area contributed by atoms with Crippen molar-refractivity contribution in [2.45, 2.75) is 37.9 Å². The summed E-state index contributed by atoms with van der Waals surface area (Å²) in [5.41, 5.74) is 0.410. The first-order chi connectivity index (χ1) is 13.9. The Morgan fingerprint density at radius 1 is 1.03 bits per heavy atom. The van der Waals surface area contributed by atoms with Gasteiger partial charge in [-0.05, 0) is 68.0 Å². The van der Waals surface area contributed by atoms with Crippen LogP contribution in [-0.4, -0.2) is 32.4 Å². The van der Waals surface area contributed by atoms with Crippen molar-refractivity contribution in [3.8, 4) is 0 Å². The first kappa shape index (κ1) is 19.5. The van der Waals surface area contributed by atoms with Gasteiger partial charge in [-0.2, -0.15) is 22.7 Å². The minimum Gasteiger partial charge on any atom is -0.396 e. The molecule has 29 heavy (non-hydrogen) atoms. The lowest BCUT2D eigenvalue weighted by atomic mass is 9.86. The van der Waals surface area contributed by atoms with Crippen LogP contribution >= 0.6 is 0 Å². The fraction of sp³-hybridized carbons (Fsp3) is 0.400. The highest BCUT2D eigenvalue weighted by Gasteiger charge is 2.30. The molecule has 1 fully saturated rings. The number of nitrogens with zero attached hydrogens (tertiary/aromatic N) is 3. The summed E-state index contributed by atoms with van der Waals surface area (Å²) in [7, 11) is 0. The van der Waals surface area contributed by atoms with Gasteiger partial charge in [0.1, 0.15) is 5.82 Å². The summed E-state index contributed by atoms with van der Waals surface area (Å²) in [4.78, 5) is 4.40. The van der Waals surface area contributed by atoms with Crippen molar-refractivity contribution in [2.75, 3.05) is 17.2 Å². The van der Waals surface area contributed by atoms with Crippen LogP contribution in [0.1, 0.15) is 31.2 Å². The maximum Gasteiger partial charge on any atom is 0.416 e. The Hall–Kier alpha value is -2.81. The number of anilines is 3. The minimum atomic E-state index is -4.36. The van der Waals surface area contributed by atoms with E-state index >= 15 is 0 Å². The van der Waals surface area contributed by atoms with Gasteiger partial charge >= 0.3 is 6.18 Å². The van der Waals surface area contributed by atoms with Crippen LogP contribution in [0.2, 0.25) is 0 Å². The van der Waals surface area contributed by atoms with Gasteiger partial charge in [-0.15, -0.1) is 5.10 Å². The Morgan fingerprint density at radius 2 is 1.76 bits per heavy atom. The molecule has 1 saturated carbocycles. The number of aliphatic hydroxyl groups is 1. The van der Waals surface area contributed by atoms with Gasteiger partial charge in [-0.25, -0.2) is 0 Å². The second-order valence-electron chi connectivity index (χ2n) is 7.36. The van der Waals surface area contributed by atoms with Gasteiger partial charge in [0.2, 0.25) is 5.95 Å². The lowest BCUT2D eigenvalue weighted by Gasteiger charge is -2.28. The van der Waals surface area contributed by atoms with E-state index in [1.165, 1.54) is 12.1 Å². The molecular formula is C20H22F3N5O. The molecule has 4 rings (SSSR count). The fourth-order valence-electron chi connectivity index (χ4n) is 3.64. The number of pyridine rings is 1. The zero-order valence-electron chi connectivity index (χ0n) is 15.7. The summed E-state index contributed by atoms with van der Waals surface area (Å²) >= 11 is 0. The molecular weight excluding hydrogens is 383 g/mol. The third-order valence-electron chi connectivity index (χ3n) is 5.29. The normalized spacial score (nSPS) is 20.0. The number of fused-ring (bicyclic) bond motifs is 1. The number of aliphatic hydroxyl groups excluding tert-OH is 1. The Kier molecular flexibility index (Phi) is 5.31. The second-order valence-corrected chi connectivity index (χ2v) is 7.36. The molecule has 3 N–H and O–H groups in total. The molecule has 2 heterocycles. The lowest BCUT2D eigenvalue weighted by Crippen LogP contribution is -2.28. The van der Waals surface area contributed by atoms with E-state index in [1.54, 1.807) is 4.52 Å². The number of rotatable bonds is 5. The Bertz CT molecular complexity index is 962. The van der Waals surface area contributed by atoms with Crippen LogP contribution in [0.4, 0.5) is 30.6 Å². The van der Waals surface area contributed by atoms with E-state index in [4.69, 9.17) is 0 Å². The predicted octanol–water partition coefficient (Wildman–Crippen LogP) is 4.45. The molecule has 1 aliphatic rings. The summed E-state index contributed by atoms with van der Waals surface area (Å²) in [6, 6.07) is 10.7. The summed E-state index contributed by atoms with van der Waals surface area (Å²) in [5, 5.41) is 20.2. The number of halogens is 3. The van der Waals surface area contributed by atoms with E-state index < -0.39 is 11.7 Å². The number of nitrogens with one attached hydrogen (secondary N) is 2. The Labute approximate surface area is 165 Å². The van der Waals surface area contributed by atoms with Gasteiger partial charge in [0.25, 0.3) is 0 Å². The fourth-order valence-corrected chi connectivity index (χ4v) is 3.64. The van der Waals surface area contributed by atoms with Crippen molar-refractivity contribution in [1.82, 2.24) is 14.6 Å². The molecule has 1 aliphatic carbocycles. The molecule has 0 amide bonds. The molecule has 1 aromatic carbocycles. The van der Waals surface area contributed by atoms with Crippen LogP contribution in [0.25, 0.3) is 5.65 Å². The van der Waals surface area contributed by atoms with E-state index in [2.05, 4.69) is 20.7 Å². The van der Waals surface area contributed by atoms with Crippen molar-refractivity contribution in [3.05, 3.63) is 48.0 Å². The van der Waals surface area contributed by atoms with Gasteiger partial charge < -0.3 is 15.7 Å². The van der Waals surface area contributed by atoms with Crippen LogP contribution in [0.5, 0.6) is 0 Å². The average Bonchev–Trinajstić information content (AvgIpc) is 3.12. The van der Waals surface area contributed by atoms with Crippen molar-refractivity contribution in [2.24, 2.45) is 5.92 Å². The molecule has 0 atom stereocenters. The minimum absolute atomic E-state index is 0.240. The quantitative estimate of drug-likeness (QED) is 0.585. The maximum absolute atomic E-state index is 12.7. The SMILES string of the molecule is OCC1CCC(Nc2cccc3nc(Nc4ccc(C(F)(F)F)cc4)nn23)CC1. The van der Waals surface area contributed by atoms with Gasteiger partial charge in [0, 0.05) is 18.3 Å². The molecule has 3 aromatic rings. The number of hydrogen-bond acceptors (Lipinski definition) is 5. The van der Waals surface area contributed by atoms with Crippen LogP contribution in [0, 0.1) is 5.92 Å². The summed E-state index contributed by atoms with van der Waals surface area (Å²) in [6.07, 6.45) is -0.429. The predicted molar refractivity (Wildman–Crippen MR) is 104 cm³/mol. The van der Waals surface area contributed by atoms with Gasteiger partial charge in [0.15, 0.2) is 5.65 Å². The number of alkyl halides is 3. The molecule has 6 nitrogen and oxygen atoms in total. The number of hydrogen-bond donors (Lipinski definition) is 3. The third kappa shape index (κ3) is 4.45. The van der Waals surface area contributed by atoms with Gasteiger partial charge in [0.05, 0.1) is 5.56 Å². The molecule has 2 aromatic heterocycles. The summed E-state index contributed by atoms with van der Waals surface area (Å²) < 4.78 is 39.8. The monoisotopic (exact) mass is 405 g/mol. The molecule has 0 saturated heterocycles. The number of aromatic nitrogens is 3. The van der Waals surface area contributed by atoms with E-state index in [0.29, 0.717) is 29.2 Å². The molecule has 0 unspecified atom stereocenters. The van der Waals surface area contributed by atoms with Crippen molar-refractivity contribution >= 4 is 23.1 Å². The van der Waals surface area contributed by atoms with Crippen molar-refractivity contribution in [3.63, 3.8) is 0 Å². The second kappa shape index (κ2) is 7.90. The average molecular weight is 405 g/mol. The Balaban J connectivity index is 1.49. The molecule has 0 radical (unpaired) electrons. The molecule has 0 spiro atoms. The first-order valence-electron chi connectivity index (χ1n) is 9.60. The topological polar surface area (TPSA) is 74.5 Å². The van der Waals surface area contributed by atoms with E-state index in [-0.39, 0.29) is 6.61 Å². The summed E-state index contributed by atoms with van der Waals surface area (Å²) in [5.74, 6) is 1.50. The Morgan fingerprint density at radius 3 is 2.41 bits per heavy atom. The van der Waals surface area contributed by atoms with Gasteiger partial charge in [-0.1, -0.05) is 6.07 Å². The highest BCUT2D eigenvalue weighted by atomic mass is 19.4. The smallest absolute Gasteiger partial charge is 0.396 e. The van der Waals surface area contributed by atoms with Crippen LogP contribution < -0.4 is 10.6 Å². The van der Waals surface area contributed by atoms with Crippen LogP contribution in [0.15, 0.2) is 42.5 Å². The molecule has 154 valence electrons. The molecule has 9 heteroatoms. The molecule has 0 aliphatic heterocycles. The highest BCUT2D eigenvalue weighted by Crippen LogP contribution is 2.30. The van der Waals surface area contributed by atoms with Crippen LogP contribution in [0.3, 0.4) is 0 Å². The summed E-state index contributed by atoms with van der Waals surface area (Å²) in [6.45, 7) is 0.240. The maximum atomic E-state index is 12.7. The van der Waals surface area contributed by atoms with E-state index in [0.717, 1.165) is 43.6 Å². The first-order valence-corrected chi connectivity index (χ1v) is 9.60. The lowest BCUT2D eigenvalue weighted by molar-refractivity contribution is -0.137. The van der Waals surface area contributed by atoms with Crippen LogP contribution in [-0.2, 0) is 6.18 Å². The zero-order valence-corrected chi connectivity index (χ0v) is 15.7. The van der Waals surface area contributed by atoms with Gasteiger partial charge in [-0.3, -0.25) is 0 Å². The number of benzene rings is 1. The van der Waals surface area contributed by atoms with E-state index in [9.17, 15) is 18.3 Å². The standard InChI is InChI=1S/C20H22F3N5O/c21-20(22,23)14-6-10-16(11-7-14)25-19-26-18-3-1-2-17(28(18)27-19)24-15-8-4-13(12-29)5-9-15/h1-3,6-7,10-11,13,15,24,29H,4-5,8-9,12H2,(H,25,27). The molecule has 0 bridgehead atoms. The van der Waals surface area contributed by atoms with E-state index in [1.807, 2.05) is 18.2 Å². The third-order valence-corrected chi connectivity index (χ3v) is 5.29. The zero-order chi connectivity index (χ0) is 20.4. The highest BCUT2D eigenvalue weighted by molar-refractivity contribution is 5.58. The largest absolute Gasteiger partial charge is 0.416 e.